The Kier molecular flexibility index (Phi) is 54.1. The quantitative estimate of drug-likeness (QED) is 0.0264. The first-order chi connectivity index (χ1) is 33.8. The molecule has 0 fully saturated rings. The zero-order chi connectivity index (χ0) is 50.2. The Morgan fingerprint density at radius 1 is 0.435 bits per heavy atom. The van der Waals surface area contributed by atoms with E-state index in [4.69, 9.17) is 24.3 Å². The van der Waals surface area contributed by atoms with Crippen LogP contribution in [-0.4, -0.2) is 49.3 Å². The van der Waals surface area contributed by atoms with Gasteiger partial charge < -0.3 is 20.1 Å². The van der Waals surface area contributed by atoms with Gasteiger partial charge >= 0.3 is 19.8 Å². The minimum absolute atomic E-state index is 0.0519. The molecule has 0 saturated carbocycles. The molecule has 0 aliphatic rings. The van der Waals surface area contributed by atoms with Crippen LogP contribution in [0.2, 0.25) is 0 Å². The second kappa shape index (κ2) is 55.5. The molecule has 0 aliphatic heterocycles. The number of carbonyl (C=O) groups excluding carboxylic acids is 2. The van der Waals surface area contributed by atoms with Crippen molar-refractivity contribution in [3.8, 4) is 0 Å². The number of allylic oxidation sites excluding steroid dienone is 6. The first-order valence-corrected chi connectivity index (χ1v) is 31.0. The van der Waals surface area contributed by atoms with Crippen molar-refractivity contribution >= 4 is 19.8 Å². The van der Waals surface area contributed by atoms with Gasteiger partial charge in [-0.15, -0.1) is 0 Å². The molecule has 2 atom stereocenters. The van der Waals surface area contributed by atoms with E-state index in [9.17, 15) is 19.0 Å². The Bertz CT molecular complexity index is 1220. The first-order valence-electron chi connectivity index (χ1n) is 29.5. The number of phosphoric acid groups is 1. The molecule has 0 amide bonds. The predicted octanol–water partition coefficient (Wildman–Crippen LogP) is 18.4. The number of ether oxygens (including phenoxy) is 2. The zero-order valence-corrected chi connectivity index (χ0v) is 46.2. The van der Waals surface area contributed by atoms with E-state index in [1.807, 2.05) is 0 Å². The molecule has 0 bridgehead atoms. The maximum absolute atomic E-state index is 12.7. The summed E-state index contributed by atoms with van der Waals surface area (Å²) in [6, 6.07) is 0. The van der Waals surface area contributed by atoms with Gasteiger partial charge in [-0.1, -0.05) is 269 Å². The third kappa shape index (κ3) is 55.4. The lowest BCUT2D eigenvalue weighted by molar-refractivity contribution is -0.161. The number of phosphoric ester groups is 1. The van der Waals surface area contributed by atoms with Crippen molar-refractivity contribution in [2.45, 2.75) is 302 Å². The second-order valence-corrected chi connectivity index (χ2v) is 21.3. The summed E-state index contributed by atoms with van der Waals surface area (Å²) in [6.45, 7) is 3.76. The molecule has 0 radical (unpaired) electrons. The number of esters is 2. The Morgan fingerprint density at radius 2 is 0.754 bits per heavy atom. The maximum atomic E-state index is 12.7. The summed E-state index contributed by atoms with van der Waals surface area (Å²) in [5.41, 5.74) is 5.38. The average molecular weight is 995 g/mol. The maximum Gasteiger partial charge on any atom is 0.472 e. The van der Waals surface area contributed by atoms with E-state index in [0.717, 1.165) is 70.6 Å². The van der Waals surface area contributed by atoms with Crippen molar-refractivity contribution in [2.75, 3.05) is 26.4 Å². The summed E-state index contributed by atoms with van der Waals surface area (Å²) in [6.07, 6.45) is 66.3. The summed E-state index contributed by atoms with van der Waals surface area (Å²) < 4.78 is 33.0. The number of hydrogen-bond donors (Lipinski definition) is 2. The number of unbranched alkanes of at least 4 members (excludes halogenated alkanes) is 37. The lowest BCUT2D eigenvalue weighted by Gasteiger charge is -2.19. The van der Waals surface area contributed by atoms with Gasteiger partial charge in [0, 0.05) is 19.4 Å². The van der Waals surface area contributed by atoms with Gasteiger partial charge in [-0.05, 0) is 51.4 Å². The minimum atomic E-state index is -4.39. The fourth-order valence-electron chi connectivity index (χ4n) is 8.65. The van der Waals surface area contributed by atoms with E-state index in [1.165, 1.54) is 193 Å². The van der Waals surface area contributed by atoms with Crippen LogP contribution in [0.3, 0.4) is 0 Å². The second-order valence-electron chi connectivity index (χ2n) is 19.9. The largest absolute Gasteiger partial charge is 0.472 e. The Labute approximate surface area is 426 Å². The predicted molar refractivity (Wildman–Crippen MR) is 294 cm³/mol. The van der Waals surface area contributed by atoms with Gasteiger partial charge in [0.2, 0.25) is 0 Å². The average Bonchev–Trinajstić information content (AvgIpc) is 3.34. The number of rotatable bonds is 56. The molecule has 9 nitrogen and oxygen atoms in total. The zero-order valence-electron chi connectivity index (χ0n) is 45.3. The van der Waals surface area contributed by atoms with Crippen molar-refractivity contribution in [3.63, 3.8) is 0 Å². The van der Waals surface area contributed by atoms with Crippen molar-refractivity contribution in [1.82, 2.24) is 0 Å². The molecule has 0 saturated heterocycles. The lowest BCUT2D eigenvalue weighted by atomic mass is 10.0. The summed E-state index contributed by atoms with van der Waals surface area (Å²) in [5, 5.41) is 0. The van der Waals surface area contributed by atoms with Gasteiger partial charge in [0.05, 0.1) is 13.2 Å². The molecule has 406 valence electrons. The normalized spacial score (nSPS) is 13.3. The molecular formula is C59H112NO8P. The Balaban J connectivity index is 3.94. The van der Waals surface area contributed by atoms with Gasteiger partial charge in [0.1, 0.15) is 6.61 Å². The highest BCUT2D eigenvalue weighted by Gasteiger charge is 2.26. The van der Waals surface area contributed by atoms with Crippen LogP contribution in [0.5, 0.6) is 0 Å². The van der Waals surface area contributed by atoms with Crippen LogP contribution >= 0.6 is 7.82 Å². The molecule has 3 N–H and O–H groups in total. The molecule has 0 heterocycles. The molecule has 0 aromatic carbocycles. The van der Waals surface area contributed by atoms with Crippen molar-refractivity contribution in [1.29, 1.82) is 0 Å². The van der Waals surface area contributed by atoms with E-state index in [0.29, 0.717) is 6.42 Å². The van der Waals surface area contributed by atoms with Crippen molar-refractivity contribution in [2.24, 2.45) is 5.73 Å². The molecule has 0 spiro atoms. The van der Waals surface area contributed by atoms with Crippen LogP contribution in [0.1, 0.15) is 296 Å². The minimum Gasteiger partial charge on any atom is -0.462 e. The van der Waals surface area contributed by atoms with E-state index in [1.54, 1.807) is 0 Å². The van der Waals surface area contributed by atoms with Gasteiger partial charge in [0.15, 0.2) is 6.10 Å². The smallest absolute Gasteiger partial charge is 0.462 e. The van der Waals surface area contributed by atoms with Gasteiger partial charge in [0.25, 0.3) is 0 Å². The third-order valence-corrected chi connectivity index (χ3v) is 14.0. The molecule has 0 aliphatic carbocycles. The van der Waals surface area contributed by atoms with E-state index in [-0.39, 0.29) is 38.6 Å². The van der Waals surface area contributed by atoms with Crippen molar-refractivity contribution in [3.05, 3.63) is 36.5 Å². The molecular weight excluding hydrogens is 882 g/mol. The molecule has 0 aromatic rings. The summed E-state index contributed by atoms with van der Waals surface area (Å²) in [4.78, 5) is 35.2. The highest BCUT2D eigenvalue weighted by Crippen LogP contribution is 2.43. The molecule has 0 aromatic heterocycles. The van der Waals surface area contributed by atoms with Crippen LogP contribution in [0.15, 0.2) is 36.5 Å². The standard InChI is InChI=1S/C59H112NO8P/c1-3-5-7-9-11-13-15-17-19-21-23-25-26-27-28-29-30-32-33-35-37-39-41-43-45-47-49-51-58(61)65-55-57(56-67-69(63,64)66-54-53-60)68-59(62)52-50-48-46-44-42-40-38-36-34-31-24-22-20-18-16-14-12-10-8-6-4-2/h16,18,22,24,34,36,57H,3-15,17,19-21,23,25-33,35,37-56,60H2,1-2H3,(H,63,64)/b18-16-,24-22-,36-34-. The highest BCUT2D eigenvalue weighted by atomic mass is 31.2. The van der Waals surface area contributed by atoms with Gasteiger partial charge in [-0.2, -0.15) is 0 Å². The van der Waals surface area contributed by atoms with E-state index < -0.39 is 26.5 Å². The fourth-order valence-corrected chi connectivity index (χ4v) is 9.41. The van der Waals surface area contributed by atoms with Crippen LogP contribution in [0.4, 0.5) is 0 Å². The molecule has 2 unspecified atom stereocenters. The number of hydrogen-bond acceptors (Lipinski definition) is 8. The summed E-state index contributed by atoms with van der Waals surface area (Å²) >= 11 is 0. The SMILES string of the molecule is CCCCCCC/C=C\C/C=C\C/C=C\CCCCCCCCC(=O)OC(COC(=O)CCCCCCCCCCCCCCCCCCCCCCCCCCCCC)COP(=O)(O)OCCN. The van der Waals surface area contributed by atoms with Crippen molar-refractivity contribution < 1.29 is 37.6 Å². The van der Waals surface area contributed by atoms with Crippen LogP contribution < -0.4 is 5.73 Å². The first kappa shape index (κ1) is 67.2. The van der Waals surface area contributed by atoms with Gasteiger partial charge in [-0.25, -0.2) is 4.57 Å². The van der Waals surface area contributed by atoms with Gasteiger partial charge in [-0.3, -0.25) is 18.6 Å². The monoisotopic (exact) mass is 994 g/mol. The van der Waals surface area contributed by atoms with Crippen LogP contribution in [0, 0.1) is 0 Å². The number of nitrogens with two attached hydrogens (primary N) is 1. The van der Waals surface area contributed by atoms with E-state index in [2.05, 4.69) is 50.3 Å². The molecule has 10 heteroatoms. The van der Waals surface area contributed by atoms with Crippen LogP contribution in [0.25, 0.3) is 0 Å². The highest BCUT2D eigenvalue weighted by molar-refractivity contribution is 7.47. The molecule has 0 rings (SSSR count). The van der Waals surface area contributed by atoms with E-state index >= 15 is 0 Å². The summed E-state index contributed by atoms with van der Waals surface area (Å²) in [7, 11) is -4.39. The van der Waals surface area contributed by atoms with Crippen LogP contribution in [-0.2, 0) is 32.7 Å². The third-order valence-electron chi connectivity index (χ3n) is 13.0. The lowest BCUT2D eigenvalue weighted by Crippen LogP contribution is -2.29. The fraction of sp³-hybridized carbons (Fsp3) is 0.864. The summed E-state index contributed by atoms with van der Waals surface area (Å²) in [5.74, 6) is -0.828. The topological polar surface area (TPSA) is 134 Å². The Hall–Kier alpha value is -1.77. The Morgan fingerprint density at radius 3 is 1.12 bits per heavy atom. The molecule has 69 heavy (non-hydrogen) atoms. The number of carbonyl (C=O) groups is 2.